The van der Waals surface area contributed by atoms with Gasteiger partial charge in [-0.3, -0.25) is 4.79 Å². The molecule has 0 radical (unpaired) electrons. The summed E-state index contributed by atoms with van der Waals surface area (Å²) in [6, 6.07) is 11.3. The number of rotatable bonds is 7. The van der Waals surface area contributed by atoms with Gasteiger partial charge >= 0.3 is 0 Å². The lowest BCUT2D eigenvalue weighted by atomic mass is 10.1. The third-order valence-electron chi connectivity index (χ3n) is 3.65. The molecule has 26 heavy (non-hydrogen) atoms. The number of hydrogen-bond acceptors (Lipinski definition) is 4. The monoisotopic (exact) mass is 353 g/mol. The van der Waals surface area contributed by atoms with Crippen LogP contribution in [0.25, 0.3) is 12.2 Å². The second-order valence-corrected chi connectivity index (χ2v) is 5.40. The number of ether oxygens (including phenoxy) is 3. The van der Waals surface area contributed by atoms with E-state index >= 15 is 0 Å². The van der Waals surface area contributed by atoms with E-state index in [1.54, 1.807) is 34.3 Å². The quantitative estimate of drug-likeness (QED) is 0.592. The summed E-state index contributed by atoms with van der Waals surface area (Å²) in [4.78, 5) is 11.5. The Bertz CT molecular complexity index is 782. The van der Waals surface area contributed by atoms with E-state index in [2.05, 4.69) is 5.32 Å². The SMILES string of the molecule is C/C=C/C(=O)Nc1ccc(/C=C\c2cc(OC)c(OC)c(OC)c2)cc1. The molecule has 0 bridgehead atoms. The van der Waals surface area contributed by atoms with Crippen molar-refractivity contribution in [2.75, 3.05) is 26.6 Å². The van der Waals surface area contributed by atoms with E-state index in [1.807, 2.05) is 48.6 Å². The molecule has 2 rings (SSSR count). The van der Waals surface area contributed by atoms with Crippen molar-refractivity contribution in [3.63, 3.8) is 0 Å². The highest BCUT2D eigenvalue weighted by Gasteiger charge is 2.11. The fourth-order valence-electron chi connectivity index (χ4n) is 2.40. The second kappa shape index (κ2) is 9.32. The molecule has 0 saturated carbocycles. The van der Waals surface area contributed by atoms with Gasteiger partial charge < -0.3 is 19.5 Å². The molecule has 0 aliphatic rings. The van der Waals surface area contributed by atoms with Crippen LogP contribution in [0.1, 0.15) is 18.1 Å². The maximum absolute atomic E-state index is 11.5. The normalized spacial score (nSPS) is 10.9. The average Bonchev–Trinajstić information content (AvgIpc) is 2.66. The average molecular weight is 353 g/mol. The van der Waals surface area contributed by atoms with Gasteiger partial charge in [0.05, 0.1) is 21.3 Å². The molecule has 1 N–H and O–H groups in total. The minimum atomic E-state index is -0.145. The number of nitrogens with one attached hydrogen (secondary N) is 1. The van der Waals surface area contributed by atoms with E-state index in [4.69, 9.17) is 14.2 Å². The van der Waals surface area contributed by atoms with Crippen molar-refractivity contribution in [3.05, 3.63) is 59.7 Å². The first-order valence-corrected chi connectivity index (χ1v) is 8.13. The minimum absolute atomic E-state index is 0.145. The standard InChI is InChI=1S/C21H23NO4/c1-5-6-20(23)22-17-11-9-15(10-12-17)7-8-16-13-18(24-2)21(26-4)19(14-16)25-3/h5-14H,1-4H3,(H,22,23)/b6-5+,8-7-. The van der Waals surface area contributed by atoms with Gasteiger partial charge in [-0.05, 0) is 48.4 Å². The molecule has 0 unspecified atom stereocenters. The largest absolute Gasteiger partial charge is 0.493 e. The van der Waals surface area contributed by atoms with Crippen LogP contribution in [0.5, 0.6) is 17.2 Å². The zero-order chi connectivity index (χ0) is 18.9. The fraction of sp³-hybridized carbons (Fsp3) is 0.190. The van der Waals surface area contributed by atoms with Crippen LogP contribution in [0.2, 0.25) is 0 Å². The smallest absolute Gasteiger partial charge is 0.248 e. The minimum Gasteiger partial charge on any atom is -0.493 e. The second-order valence-electron chi connectivity index (χ2n) is 5.40. The van der Waals surface area contributed by atoms with Crippen LogP contribution in [-0.4, -0.2) is 27.2 Å². The molecule has 0 aromatic heterocycles. The Hall–Kier alpha value is -3.21. The lowest BCUT2D eigenvalue weighted by Gasteiger charge is -2.12. The van der Waals surface area contributed by atoms with Gasteiger partial charge in [-0.25, -0.2) is 0 Å². The maximum atomic E-state index is 11.5. The van der Waals surface area contributed by atoms with Gasteiger partial charge in [0, 0.05) is 5.69 Å². The van der Waals surface area contributed by atoms with Crippen LogP contribution in [0.15, 0.2) is 48.6 Å². The van der Waals surface area contributed by atoms with Crippen LogP contribution >= 0.6 is 0 Å². The molecule has 1 amide bonds. The molecule has 0 aliphatic heterocycles. The predicted octanol–water partition coefficient (Wildman–Crippen LogP) is 4.40. The molecule has 0 aliphatic carbocycles. The van der Waals surface area contributed by atoms with Crippen molar-refractivity contribution in [2.24, 2.45) is 0 Å². The van der Waals surface area contributed by atoms with Gasteiger partial charge in [0.15, 0.2) is 11.5 Å². The molecule has 2 aromatic carbocycles. The lowest BCUT2D eigenvalue weighted by Crippen LogP contribution is -2.07. The number of allylic oxidation sites excluding steroid dienone is 1. The summed E-state index contributed by atoms with van der Waals surface area (Å²) >= 11 is 0. The molecular weight excluding hydrogens is 330 g/mol. The fourth-order valence-corrected chi connectivity index (χ4v) is 2.40. The summed E-state index contributed by atoms with van der Waals surface area (Å²) in [6.45, 7) is 1.80. The number of carbonyl (C=O) groups is 1. The van der Waals surface area contributed by atoms with Crippen LogP contribution < -0.4 is 19.5 Å². The van der Waals surface area contributed by atoms with Gasteiger partial charge in [-0.1, -0.05) is 30.4 Å². The Morgan fingerprint density at radius 1 is 0.885 bits per heavy atom. The molecule has 136 valence electrons. The maximum Gasteiger partial charge on any atom is 0.248 e. The lowest BCUT2D eigenvalue weighted by molar-refractivity contribution is -0.111. The summed E-state index contributed by atoms with van der Waals surface area (Å²) in [5, 5.41) is 2.79. The Labute approximate surface area is 153 Å². The predicted molar refractivity (Wildman–Crippen MR) is 105 cm³/mol. The summed E-state index contributed by atoms with van der Waals surface area (Å²) in [5.41, 5.74) is 2.67. The first-order chi connectivity index (χ1) is 12.6. The number of amides is 1. The number of benzene rings is 2. The number of hydrogen-bond donors (Lipinski definition) is 1. The molecule has 5 nitrogen and oxygen atoms in total. The third-order valence-corrected chi connectivity index (χ3v) is 3.65. The molecule has 0 saturated heterocycles. The van der Waals surface area contributed by atoms with E-state index < -0.39 is 0 Å². The van der Waals surface area contributed by atoms with Crippen LogP contribution in [0.4, 0.5) is 5.69 Å². The molecule has 5 heteroatoms. The number of anilines is 1. The van der Waals surface area contributed by atoms with E-state index in [0.29, 0.717) is 17.2 Å². The summed E-state index contributed by atoms with van der Waals surface area (Å²) in [7, 11) is 4.75. The van der Waals surface area contributed by atoms with Crippen LogP contribution in [0.3, 0.4) is 0 Å². The van der Waals surface area contributed by atoms with Gasteiger partial charge in [-0.2, -0.15) is 0 Å². The first-order valence-electron chi connectivity index (χ1n) is 8.13. The van der Waals surface area contributed by atoms with Crippen molar-refractivity contribution in [3.8, 4) is 17.2 Å². The highest BCUT2D eigenvalue weighted by atomic mass is 16.5. The molecular formula is C21H23NO4. The first kappa shape index (κ1) is 19.1. The molecule has 0 fully saturated rings. The summed E-state index contributed by atoms with van der Waals surface area (Å²) in [5.74, 6) is 1.63. The van der Waals surface area contributed by atoms with Crippen molar-refractivity contribution < 1.29 is 19.0 Å². The van der Waals surface area contributed by atoms with Crippen LogP contribution in [0, 0.1) is 0 Å². The van der Waals surface area contributed by atoms with E-state index in [1.165, 1.54) is 6.08 Å². The summed E-state index contributed by atoms with van der Waals surface area (Å²) < 4.78 is 16.0. The molecule has 0 heterocycles. The van der Waals surface area contributed by atoms with E-state index in [0.717, 1.165) is 16.8 Å². The van der Waals surface area contributed by atoms with Gasteiger partial charge in [-0.15, -0.1) is 0 Å². The van der Waals surface area contributed by atoms with E-state index in [-0.39, 0.29) is 5.91 Å². The highest BCUT2D eigenvalue weighted by Crippen LogP contribution is 2.38. The zero-order valence-corrected chi connectivity index (χ0v) is 15.4. The Kier molecular flexibility index (Phi) is 6.85. The number of methoxy groups -OCH3 is 3. The highest BCUT2D eigenvalue weighted by molar-refractivity contribution is 5.99. The van der Waals surface area contributed by atoms with Crippen molar-refractivity contribution in [1.82, 2.24) is 0 Å². The molecule has 0 spiro atoms. The van der Waals surface area contributed by atoms with Gasteiger partial charge in [0.25, 0.3) is 0 Å². The van der Waals surface area contributed by atoms with Crippen molar-refractivity contribution >= 4 is 23.7 Å². The van der Waals surface area contributed by atoms with Crippen LogP contribution in [-0.2, 0) is 4.79 Å². The summed E-state index contributed by atoms with van der Waals surface area (Å²) in [6.07, 6.45) is 7.11. The molecule has 0 atom stereocenters. The zero-order valence-electron chi connectivity index (χ0n) is 15.4. The Morgan fingerprint density at radius 3 is 1.96 bits per heavy atom. The topological polar surface area (TPSA) is 56.8 Å². The van der Waals surface area contributed by atoms with E-state index in [9.17, 15) is 4.79 Å². The van der Waals surface area contributed by atoms with Gasteiger partial charge in [0.1, 0.15) is 0 Å². The Balaban J connectivity index is 2.18. The van der Waals surface area contributed by atoms with Crippen molar-refractivity contribution in [1.29, 1.82) is 0 Å². The Morgan fingerprint density at radius 2 is 1.46 bits per heavy atom. The van der Waals surface area contributed by atoms with Crippen molar-refractivity contribution in [2.45, 2.75) is 6.92 Å². The number of carbonyl (C=O) groups excluding carboxylic acids is 1. The molecule has 2 aromatic rings. The van der Waals surface area contributed by atoms with Gasteiger partial charge in [0.2, 0.25) is 11.7 Å². The third kappa shape index (κ3) is 4.89.